The molecule has 0 atom stereocenters. The van der Waals surface area contributed by atoms with Crippen LogP contribution in [0, 0.1) is 0 Å². The molecule has 0 aliphatic heterocycles. The molecule has 0 amide bonds. The molecule has 0 saturated carbocycles. The molecule has 0 fully saturated rings. The van der Waals surface area contributed by atoms with Crippen molar-refractivity contribution in [1.82, 2.24) is 117 Å². The Morgan fingerprint density at radius 3 is 0.229 bits per heavy atom. The molecule has 0 bridgehead atoms. The van der Waals surface area contributed by atoms with Crippen molar-refractivity contribution >= 4 is 44.4 Å². The molecule has 0 spiro atoms. The van der Waals surface area contributed by atoms with Crippen molar-refractivity contribution in [3.63, 3.8) is 0 Å². The molecule has 96 heavy (non-hydrogen) atoms. The zero-order chi connectivity index (χ0) is 74.3. The number of aryl methyl sites for hydroxylation is 12. The van der Waals surface area contributed by atoms with Crippen LogP contribution in [-0.2, 0) is 84.6 Å². The predicted octanol–water partition coefficient (Wildman–Crippen LogP) is -1.41. The lowest BCUT2D eigenvalue weighted by Gasteiger charge is -1.77. The van der Waals surface area contributed by atoms with Crippen LogP contribution in [-0.4, -0.2) is 222 Å². The summed E-state index contributed by atoms with van der Waals surface area (Å²) in [6.07, 6.45) is 43.7. The molecule has 12 N–H and O–H groups in total. The highest BCUT2D eigenvalue weighted by Crippen LogP contribution is 1.80. The van der Waals surface area contributed by atoms with E-state index in [0.29, 0.717) is 0 Å². The second-order valence-electron chi connectivity index (χ2n) is 16.0. The SMILES string of the molecule is Cn1cccn1.Cn1cccn1.Cn1cccn1.Cn1cccn1.Cn1cccn1.Cn1cccn1.Cn1cccn1.Cn1cccn1.Cn1cccn1.Cn1cccn1.Cn1cccn1.Cn1cccn1.OB(O)F.OB(O)F.OB(O)F.OB(O)F.OB(O)F.OB(O)F. The Morgan fingerprint density at radius 1 is 0.167 bits per heavy atom. The quantitative estimate of drug-likeness (QED) is 0.0613. The highest BCUT2D eigenvalue weighted by molar-refractivity contribution is 6.32. The first-order chi connectivity index (χ1) is 45.1. The molecule has 0 saturated heterocycles. The van der Waals surface area contributed by atoms with Crippen LogP contribution in [0.2, 0.25) is 0 Å². The van der Waals surface area contributed by atoms with E-state index in [4.69, 9.17) is 60.3 Å². The van der Waals surface area contributed by atoms with Gasteiger partial charge in [-0.05, 0) is 72.8 Å². The van der Waals surface area contributed by atoms with Crippen molar-refractivity contribution in [2.45, 2.75) is 0 Å². The van der Waals surface area contributed by atoms with Gasteiger partial charge < -0.3 is 60.3 Å². The molecular formula is C48H84B6F6N24O12. The molecule has 36 nitrogen and oxygen atoms in total. The van der Waals surface area contributed by atoms with Crippen molar-refractivity contribution in [2.75, 3.05) is 0 Å². The lowest BCUT2D eigenvalue weighted by Crippen LogP contribution is -1.98. The van der Waals surface area contributed by atoms with Gasteiger partial charge in [-0.15, -0.1) is 0 Å². The van der Waals surface area contributed by atoms with Gasteiger partial charge in [-0.1, -0.05) is 0 Å². The molecule has 12 aromatic heterocycles. The van der Waals surface area contributed by atoms with E-state index in [-0.39, 0.29) is 0 Å². The minimum Gasteiger partial charge on any atom is -0.398 e. The smallest absolute Gasteiger partial charge is 0.398 e. The monoisotopic (exact) mass is 1370 g/mol. The minimum atomic E-state index is -2.67. The van der Waals surface area contributed by atoms with E-state index < -0.39 is 44.4 Å². The van der Waals surface area contributed by atoms with Gasteiger partial charge in [0.2, 0.25) is 0 Å². The predicted molar refractivity (Wildman–Crippen MR) is 346 cm³/mol. The van der Waals surface area contributed by atoms with Gasteiger partial charge in [0.25, 0.3) is 0 Å². The molecule has 48 heteroatoms. The first kappa shape index (κ1) is 97.1. The first-order valence-electron chi connectivity index (χ1n) is 26.4. The van der Waals surface area contributed by atoms with Crippen LogP contribution in [0.15, 0.2) is 222 Å². The van der Waals surface area contributed by atoms with Crippen LogP contribution >= 0.6 is 0 Å². The lowest BCUT2D eigenvalue weighted by molar-refractivity contribution is 0.338. The third-order valence-corrected chi connectivity index (χ3v) is 7.64. The average molecular weight is 1370 g/mol. The van der Waals surface area contributed by atoms with E-state index in [9.17, 15) is 25.9 Å². The highest BCUT2D eigenvalue weighted by Gasteiger charge is 1.99. The second kappa shape index (κ2) is 70.9. The Kier molecular flexibility index (Phi) is 71.7. The molecule has 0 aliphatic rings. The first-order valence-corrected chi connectivity index (χ1v) is 26.4. The van der Waals surface area contributed by atoms with Crippen molar-refractivity contribution in [3.05, 3.63) is 222 Å². The summed E-state index contributed by atoms with van der Waals surface area (Å²) in [6.45, 7) is 0. The van der Waals surface area contributed by atoms with Crippen molar-refractivity contribution in [1.29, 1.82) is 0 Å². The molecule has 12 rings (SSSR count). The summed E-state index contributed by atoms with van der Waals surface area (Å²) >= 11 is 0. The fourth-order valence-corrected chi connectivity index (χ4v) is 4.14. The average Bonchev–Trinajstić information content (AvgIpc) is 4.39. The minimum absolute atomic E-state index is 1.75. The van der Waals surface area contributed by atoms with Gasteiger partial charge in [0.15, 0.2) is 0 Å². The Labute approximate surface area is 552 Å². The Bertz CT molecular complexity index is 2370. The Hall–Kier alpha value is -9.99. The molecular weight excluding hydrogens is 1280 g/mol. The maximum atomic E-state index is 10.1. The lowest BCUT2D eigenvalue weighted by atomic mass is 10.3. The Balaban J connectivity index is -0.000000224. The van der Waals surface area contributed by atoms with Crippen LogP contribution < -0.4 is 0 Å². The van der Waals surface area contributed by atoms with Crippen LogP contribution in [0.3, 0.4) is 0 Å². The fourth-order valence-electron chi connectivity index (χ4n) is 4.14. The van der Waals surface area contributed by atoms with E-state index in [0.717, 1.165) is 0 Å². The number of halogens is 6. The summed E-state index contributed by atoms with van der Waals surface area (Å²) < 4.78 is 81.7. The van der Waals surface area contributed by atoms with Gasteiger partial charge in [0, 0.05) is 233 Å². The maximum Gasteiger partial charge on any atom is 0.674 e. The summed E-state index contributed by atoms with van der Waals surface area (Å²) in [5, 5.41) is 129. The van der Waals surface area contributed by atoms with E-state index in [1.54, 1.807) is 131 Å². The molecule has 0 unspecified atom stereocenters. The van der Waals surface area contributed by atoms with Gasteiger partial charge in [-0.25, -0.2) is 0 Å². The Morgan fingerprint density at radius 2 is 0.219 bits per heavy atom. The van der Waals surface area contributed by atoms with Crippen LogP contribution in [0.5, 0.6) is 0 Å². The summed E-state index contributed by atoms with van der Waals surface area (Å²) in [6, 6.07) is 22.7. The summed E-state index contributed by atoms with van der Waals surface area (Å²) in [5.74, 6) is 0. The summed E-state index contributed by atoms with van der Waals surface area (Å²) in [7, 11) is 6.67. The van der Waals surface area contributed by atoms with Crippen LogP contribution in [0.1, 0.15) is 0 Å². The number of rotatable bonds is 0. The topological polar surface area (TPSA) is 457 Å². The second-order valence-corrected chi connectivity index (χ2v) is 16.0. The van der Waals surface area contributed by atoms with Crippen LogP contribution in [0.4, 0.5) is 25.9 Å². The van der Waals surface area contributed by atoms with Crippen molar-refractivity contribution in [2.24, 2.45) is 84.6 Å². The number of hydrogen-bond donors (Lipinski definition) is 12. The zero-order valence-corrected chi connectivity index (χ0v) is 54.6. The molecule has 0 radical (unpaired) electrons. The largest absolute Gasteiger partial charge is 0.674 e. The molecule has 12 heterocycles. The fraction of sp³-hybridized carbons (Fsp3) is 0.250. The van der Waals surface area contributed by atoms with Gasteiger partial charge in [-0.3, -0.25) is 82.1 Å². The van der Waals surface area contributed by atoms with Gasteiger partial charge in [0.1, 0.15) is 0 Å². The van der Waals surface area contributed by atoms with E-state index in [1.807, 2.05) is 232 Å². The maximum absolute atomic E-state index is 10.1. The number of aromatic nitrogens is 24. The highest BCUT2D eigenvalue weighted by atomic mass is 19.1. The number of nitrogens with zero attached hydrogens (tertiary/aromatic N) is 24. The van der Waals surface area contributed by atoms with E-state index >= 15 is 0 Å². The van der Waals surface area contributed by atoms with Gasteiger partial charge >= 0.3 is 44.4 Å². The standard InChI is InChI=1S/12C4H6N2.6BFH2O2/c12*1-6-4-2-3-5-6;6*2-1(3)4/h12*2-4H,1H3;6*3-4H. The van der Waals surface area contributed by atoms with E-state index in [1.165, 1.54) is 0 Å². The third-order valence-electron chi connectivity index (χ3n) is 7.64. The third kappa shape index (κ3) is 106. The van der Waals surface area contributed by atoms with E-state index in [2.05, 4.69) is 61.2 Å². The van der Waals surface area contributed by atoms with Crippen molar-refractivity contribution in [3.8, 4) is 0 Å². The molecule has 0 aliphatic carbocycles. The van der Waals surface area contributed by atoms with Crippen LogP contribution in [0.25, 0.3) is 0 Å². The molecule has 12 aromatic rings. The normalized spacial score (nSPS) is 8.31. The number of hydrogen-bond acceptors (Lipinski definition) is 24. The van der Waals surface area contributed by atoms with Crippen molar-refractivity contribution < 1.29 is 86.2 Å². The van der Waals surface area contributed by atoms with Gasteiger partial charge in [0.05, 0.1) is 0 Å². The summed E-state index contributed by atoms with van der Waals surface area (Å²) in [5.41, 5.74) is 0. The van der Waals surface area contributed by atoms with Gasteiger partial charge in [-0.2, -0.15) is 61.2 Å². The summed E-state index contributed by atoms with van der Waals surface area (Å²) in [4.78, 5) is 0. The molecule has 528 valence electrons. The molecule has 0 aromatic carbocycles. The zero-order valence-electron chi connectivity index (χ0n) is 54.6.